The Balaban J connectivity index is 1.02. The zero-order valence-corrected chi connectivity index (χ0v) is 25.6. The third kappa shape index (κ3) is 6.73. The standard InChI is InChI=1S/C30H31Cl2N5O5S/c31-24-5-8-28(29(32)16-24)30(21-35-11-10-34-22-35)41-19-26(20-42-30)40-18-23-3-6-25(7-4-23)36-12-14-37(15-13-36)43(38,39)27-2-1-9-33-17-27/h1-11,16-17,22,26H,12-15,18-21H2. The lowest BCUT2D eigenvalue weighted by molar-refractivity contribution is -0.313. The Bertz CT molecular complexity index is 1610. The van der Waals surface area contributed by atoms with Gasteiger partial charge in [-0.05, 0) is 42.0 Å². The highest BCUT2D eigenvalue weighted by molar-refractivity contribution is 7.89. The third-order valence-corrected chi connectivity index (χ3v) is 10.0. The van der Waals surface area contributed by atoms with Gasteiger partial charge in [-0.1, -0.05) is 41.4 Å². The van der Waals surface area contributed by atoms with Gasteiger partial charge in [-0.25, -0.2) is 13.4 Å². The summed E-state index contributed by atoms with van der Waals surface area (Å²) in [4.78, 5) is 10.5. The van der Waals surface area contributed by atoms with Crippen molar-refractivity contribution in [2.45, 2.75) is 29.9 Å². The molecule has 0 radical (unpaired) electrons. The molecule has 2 aromatic carbocycles. The van der Waals surface area contributed by atoms with Gasteiger partial charge in [-0.15, -0.1) is 0 Å². The molecule has 10 nitrogen and oxygen atoms in total. The number of piperazine rings is 1. The first-order valence-electron chi connectivity index (χ1n) is 13.9. The van der Waals surface area contributed by atoms with Gasteiger partial charge in [-0.3, -0.25) is 4.98 Å². The molecule has 2 saturated heterocycles. The van der Waals surface area contributed by atoms with E-state index in [9.17, 15) is 8.42 Å². The van der Waals surface area contributed by atoms with Gasteiger partial charge in [0.2, 0.25) is 15.8 Å². The number of halogens is 2. The van der Waals surface area contributed by atoms with Crippen LogP contribution in [0.15, 0.2) is 90.6 Å². The molecule has 4 heterocycles. The summed E-state index contributed by atoms with van der Waals surface area (Å²) in [5.41, 5.74) is 2.74. The van der Waals surface area contributed by atoms with Crippen molar-refractivity contribution in [1.29, 1.82) is 0 Å². The second-order valence-electron chi connectivity index (χ2n) is 10.4. The van der Waals surface area contributed by atoms with E-state index in [0.29, 0.717) is 68.2 Å². The van der Waals surface area contributed by atoms with Crippen LogP contribution in [0.4, 0.5) is 5.69 Å². The Labute approximate surface area is 260 Å². The Morgan fingerprint density at radius 1 is 0.953 bits per heavy atom. The molecule has 0 N–H and O–H groups in total. The van der Waals surface area contributed by atoms with Crippen LogP contribution in [-0.2, 0) is 43.2 Å². The average Bonchev–Trinajstić information content (AvgIpc) is 3.54. The molecule has 0 unspecified atom stereocenters. The number of hydrogen-bond acceptors (Lipinski definition) is 8. The summed E-state index contributed by atoms with van der Waals surface area (Å²) in [6, 6.07) is 16.6. The number of aromatic nitrogens is 3. The lowest BCUT2D eigenvalue weighted by Crippen LogP contribution is -2.48. The smallest absolute Gasteiger partial charge is 0.244 e. The van der Waals surface area contributed by atoms with E-state index in [4.69, 9.17) is 37.4 Å². The molecular formula is C30H31Cl2N5O5S. The van der Waals surface area contributed by atoms with Gasteiger partial charge in [0.05, 0.1) is 37.7 Å². The van der Waals surface area contributed by atoms with Crippen LogP contribution in [0.5, 0.6) is 0 Å². The number of hydrogen-bond donors (Lipinski definition) is 0. The maximum atomic E-state index is 12.9. The fourth-order valence-electron chi connectivity index (χ4n) is 5.24. The van der Waals surface area contributed by atoms with Crippen molar-refractivity contribution in [2.24, 2.45) is 0 Å². The summed E-state index contributed by atoms with van der Waals surface area (Å²) in [5, 5.41) is 0.995. The molecule has 4 aromatic rings. The van der Waals surface area contributed by atoms with E-state index < -0.39 is 15.8 Å². The van der Waals surface area contributed by atoms with Crippen molar-refractivity contribution < 1.29 is 22.6 Å². The summed E-state index contributed by atoms with van der Waals surface area (Å²) >= 11 is 12.7. The van der Waals surface area contributed by atoms with E-state index in [-0.39, 0.29) is 11.0 Å². The zero-order valence-electron chi connectivity index (χ0n) is 23.3. The predicted molar refractivity (Wildman–Crippen MR) is 162 cm³/mol. The first-order chi connectivity index (χ1) is 20.8. The van der Waals surface area contributed by atoms with Crippen LogP contribution in [0.1, 0.15) is 11.1 Å². The second kappa shape index (κ2) is 12.9. The van der Waals surface area contributed by atoms with E-state index in [0.717, 1.165) is 11.3 Å². The molecule has 0 aliphatic carbocycles. The van der Waals surface area contributed by atoms with Crippen molar-refractivity contribution in [1.82, 2.24) is 18.8 Å². The molecule has 0 amide bonds. The van der Waals surface area contributed by atoms with Gasteiger partial charge < -0.3 is 23.7 Å². The lowest BCUT2D eigenvalue weighted by Gasteiger charge is -2.41. The Morgan fingerprint density at radius 2 is 1.72 bits per heavy atom. The molecule has 13 heteroatoms. The van der Waals surface area contributed by atoms with Gasteiger partial charge in [-0.2, -0.15) is 4.31 Å². The summed E-state index contributed by atoms with van der Waals surface area (Å²) in [5.74, 6) is -1.11. The third-order valence-electron chi connectivity index (χ3n) is 7.59. The normalized spacial score (nSPS) is 21.6. The van der Waals surface area contributed by atoms with Gasteiger partial charge >= 0.3 is 0 Å². The van der Waals surface area contributed by atoms with Gasteiger partial charge in [0.15, 0.2) is 0 Å². The van der Waals surface area contributed by atoms with Gasteiger partial charge in [0.25, 0.3) is 0 Å². The number of sulfonamides is 1. The molecule has 43 heavy (non-hydrogen) atoms. The van der Waals surface area contributed by atoms with Crippen LogP contribution in [0.3, 0.4) is 0 Å². The summed E-state index contributed by atoms with van der Waals surface area (Å²) in [7, 11) is -3.54. The summed E-state index contributed by atoms with van der Waals surface area (Å²) in [6.07, 6.45) is 7.93. The molecular weight excluding hydrogens is 613 g/mol. The van der Waals surface area contributed by atoms with E-state index in [2.05, 4.69) is 14.9 Å². The summed E-state index contributed by atoms with van der Waals surface area (Å²) < 4.78 is 48.0. The molecule has 6 rings (SSSR count). The Kier molecular flexibility index (Phi) is 9.01. The molecule has 0 bridgehead atoms. The maximum Gasteiger partial charge on any atom is 0.244 e. The highest BCUT2D eigenvalue weighted by Crippen LogP contribution is 2.38. The fourth-order valence-corrected chi connectivity index (χ4v) is 7.18. The van der Waals surface area contributed by atoms with E-state index in [1.54, 1.807) is 43.0 Å². The number of nitrogens with zero attached hydrogens (tertiary/aromatic N) is 5. The first kappa shape index (κ1) is 30.0. The van der Waals surface area contributed by atoms with Crippen molar-refractivity contribution in [3.05, 3.63) is 107 Å². The number of pyridine rings is 1. The topological polar surface area (TPSA) is 99.0 Å². The Morgan fingerprint density at radius 3 is 2.37 bits per heavy atom. The van der Waals surface area contributed by atoms with Crippen LogP contribution in [-0.4, -0.2) is 72.8 Å². The number of rotatable bonds is 9. The molecule has 226 valence electrons. The number of benzene rings is 2. The van der Waals surface area contributed by atoms with Crippen molar-refractivity contribution in [2.75, 3.05) is 44.3 Å². The van der Waals surface area contributed by atoms with Crippen molar-refractivity contribution in [3.63, 3.8) is 0 Å². The minimum atomic E-state index is -3.54. The van der Waals surface area contributed by atoms with Gasteiger partial charge in [0.1, 0.15) is 11.0 Å². The largest absolute Gasteiger partial charge is 0.369 e. The molecule has 2 aromatic heterocycles. The van der Waals surface area contributed by atoms with Crippen LogP contribution in [0, 0.1) is 0 Å². The van der Waals surface area contributed by atoms with Crippen molar-refractivity contribution in [3.8, 4) is 0 Å². The number of imidazole rings is 1. The highest BCUT2D eigenvalue weighted by atomic mass is 35.5. The molecule has 0 saturated carbocycles. The fraction of sp³-hybridized carbons (Fsp3) is 0.333. The monoisotopic (exact) mass is 643 g/mol. The molecule has 0 atom stereocenters. The minimum Gasteiger partial charge on any atom is -0.369 e. The molecule has 2 fully saturated rings. The molecule has 2 aliphatic heterocycles. The second-order valence-corrected chi connectivity index (χ2v) is 13.2. The average molecular weight is 645 g/mol. The van der Waals surface area contributed by atoms with E-state index in [1.807, 2.05) is 41.1 Å². The van der Waals surface area contributed by atoms with E-state index >= 15 is 0 Å². The molecule has 2 aliphatic rings. The number of anilines is 1. The van der Waals surface area contributed by atoms with Crippen LogP contribution in [0.2, 0.25) is 10.0 Å². The quantitative estimate of drug-likeness (QED) is 0.261. The van der Waals surface area contributed by atoms with Crippen molar-refractivity contribution >= 4 is 38.9 Å². The first-order valence-corrected chi connectivity index (χ1v) is 16.1. The predicted octanol–water partition coefficient (Wildman–Crippen LogP) is 4.58. The molecule has 0 spiro atoms. The van der Waals surface area contributed by atoms with Crippen LogP contribution >= 0.6 is 23.2 Å². The van der Waals surface area contributed by atoms with Crippen LogP contribution < -0.4 is 4.90 Å². The maximum absolute atomic E-state index is 12.9. The zero-order chi connectivity index (χ0) is 29.9. The van der Waals surface area contributed by atoms with Crippen LogP contribution in [0.25, 0.3) is 0 Å². The SMILES string of the molecule is O=S(=O)(c1cccnc1)N1CCN(c2ccc(COC3COC(Cn4ccnc4)(c4ccc(Cl)cc4Cl)OC3)cc2)CC1. The minimum absolute atomic E-state index is 0.222. The highest BCUT2D eigenvalue weighted by Gasteiger charge is 2.42. The number of ether oxygens (including phenoxy) is 3. The lowest BCUT2D eigenvalue weighted by atomic mass is 10.0. The summed E-state index contributed by atoms with van der Waals surface area (Å²) in [6.45, 7) is 3.42. The Hall–Kier alpha value is -3.03. The van der Waals surface area contributed by atoms with Gasteiger partial charge in [0, 0.05) is 67.2 Å². The van der Waals surface area contributed by atoms with E-state index in [1.165, 1.54) is 10.5 Å².